The lowest BCUT2D eigenvalue weighted by molar-refractivity contribution is -0.139. The van der Waals surface area contributed by atoms with E-state index in [0.717, 1.165) is 12.0 Å². The van der Waals surface area contributed by atoms with Gasteiger partial charge < -0.3 is 20.9 Å². The van der Waals surface area contributed by atoms with Crippen LogP contribution in [0, 0.1) is 0 Å². The first kappa shape index (κ1) is 18.1. The van der Waals surface area contributed by atoms with Crippen molar-refractivity contribution in [1.29, 1.82) is 0 Å². The molecule has 1 aromatic carbocycles. The fourth-order valence-electron chi connectivity index (χ4n) is 2.24. The molecule has 6 heteroatoms. The topological polar surface area (TPSA) is 105 Å². The van der Waals surface area contributed by atoms with E-state index < -0.39 is 11.8 Å². The second-order valence-electron chi connectivity index (χ2n) is 4.83. The van der Waals surface area contributed by atoms with Gasteiger partial charge in [0.2, 0.25) is 11.8 Å². The van der Waals surface area contributed by atoms with Gasteiger partial charge in [0.25, 0.3) is 0 Å². The van der Waals surface area contributed by atoms with Crippen LogP contribution in [0.3, 0.4) is 0 Å². The van der Waals surface area contributed by atoms with Crippen molar-refractivity contribution in [2.45, 2.75) is 39.4 Å². The third-order valence-corrected chi connectivity index (χ3v) is 3.25. The number of nitrogens with two attached hydrogens (primary N) is 2. The number of hydrogen-bond acceptors (Lipinski definition) is 4. The Bertz CT molecular complexity index is 511. The normalized spacial score (nSPS) is 10.9. The fraction of sp³-hybridized carbons (Fsp3) is 0.500. The summed E-state index contributed by atoms with van der Waals surface area (Å²) < 4.78 is 10.9. The Kier molecular flexibility index (Phi) is 7.56. The highest BCUT2D eigenvalue weighted by atomic mass is 16.7. The van der Waals surface area contributed by atoms with Gasteiger partial charge in [-0.2, -0.15) is 0 Å². The first-order chi connectivity index (χ1) is 10.5. The quantitative estimate of drug-likeness (QED) is 0.640. The van der Waals surface area contributed by atoms with Gasteiger partial charge in [-0.25, -0.2) is 0 Å². The minimum absolute atomic E-state index is 0.258. The molecule has 0 heterocycles. The molecular formula is C16H24N2O4. The molecule has 0 saturated carbocycles. The molecule has 122 valence electrons. The molecule has 6 nitrogen and oxygen atoms in total. The van der Waals surface area contributed by atoms with Crippen LogP contribution in [0.5, 0.6) is 0 Å². The molecule has 1 aromatic rings. The maximum atomic E-state index is 11.5. The molecule has 0 atom stereocenters. The number of amides is 2. The van der Waals surface area contributed by atoms with Gasteiger partial charge in [0.1, 0.15) is 0 Å². The number of ether oxygens (including phenoxy) is 2. The van der Waals surface area contributed by atoms with Crippen LogP contribution in [0.25, 0.3) is 0 Å². The lowest BCUT2D eigenvalue weighted by atomic mass is 9.98. The molecular weight excluding hydrogens is 284 g/mol. The van der Waals surface area contributed by atoms with Crippen molar-refractivity contribution < 1.29 is 19.1 Å². The summed E-state index contributed by atoms with van der Waals surface area (Å²) in [6, 6.07) is 4.67. The summed E-state index contributed by atoms with van der Waals surface area (Å²) in [7, 11) is 0. The second kappa shape index (κ2) is 9.17. The smallest absolute Gasteiger partial charge is 0.248 e. The molecule has 0 bridgehead atoms. The van der Waals surface area contributed by atoms with Crippen LogP contribution in [0.4, 0.5) is 0 Å². The lowest BCUT2D eigenvalue weighted by Crippen LogP contribution is -2.19. The van der Waals surface area contributed by atoms with Gasteiger partial charge in [-0.15, -0.1) is 0 Å². The van der Waals surface area contributed by atoms with E-state index in [0.29, 0.717) is 37.2 Å². The predicted octanol–water partition coefficient (Wildman–Crippen LogP) is 1.61. The van der Waals surface area contributed by atoms with Crippen LogP contribution in [-0.4, -0.2) is 31.3 Å². The molecule has 1 rings (SSSR count). The summed E-state index contributed by atoms with van der Waals surface area (Å²) in [5.74, 6) is -1.05. The van der Waals surface area contributed by atoms with Crippen molar-refractivity contribution in [2.24, 2.45) is 11.5 Å². The van der Waals surface area contributed by atoms with Gasteiger partial charge in [0.15, 0.2) is 6.29 Å². The van der Waals surface area contributed by atoms with E-state index in [-0.39, 0.29) is 6.29 Å². The summed E-state index contributed by atoms with van der Waals surface area (Å²) in [5, 5.41) is 0. The number of rotatable bonds is 10. The molecule has 0 aliphatic rings. The van der Waals surface area contributed by atoms with Crippen LogP contribution in [0.15, 0.2) is 18.2 Å². The number of primary amides is 2. The summed E-state index contributed by atoms with van der Waals surface area (Å²) >= 11 is 0. The zero-order valence-corrected chi connectivity index (χ0v) is 13.1. The Balaban J connectivity index is 2.75. The van der Waals surface area contributed by atoms with Crippen molar-refractivity contribution in [3.05, 3.63) is 34.9 Å². The van der Waals surface area contributed by atoms with E-state index in [1.807, 2.05) is 13.8 Å². The monoisotopic (exact) mass is 308 g/mol. The Morgan fingerprint density at radius 1 is 1.09 bits per heavy atom. The maximum absolute atomic E-state index is 11.5. The van der Waals surface area contributed by atoms with Gasteiger partial charge in [-0.1, -0.05) is 0 Å². The number of hydrogen-bond donors (Lipinski definition) is 2. The minimum Gasteiger partial charge on any atom is -0.366 e. The third kappa shape index (κ3) is 5.46. The van der Waals surface area contributed by atoms with Crippen LogP contribution < -0.4 is 11.5 Å². The summed E-state index contributed by atoms with van der Waals surface area (Å²) in [4.78, 5) is 22.7. The van der Waals surface area contributed by atoms with Crippen LogP contribution in [0.1, 0.15) is 53.0 Å². The molecule has 0 aliphatic carbocycles. The van der Waals surface area contributed by atoms with Crippen LogP contribution in [0.2, 0.25) is 0 Å². The van der Waals surface area contributed by atoms with Gasteiger partial charge >= 0.3 is 0 Å². The highest BCUT2D eigenvalue weighted by Crippen LogP contribution is 2.16. The van der Waals surface area contributed by atoms with E-state index >= 15 is 0 Å². The number of carbonyl (C=O) groups is 2. The van der Waals surface area contributed by atoms with Crippen LogP contribution in [-0.2, 0) is 15.9 Å². The highest BCUT2D eigenvalue weighted by molar-refractivity contribution is 5.97. The first-order valence-corrected chi connectivity index (χ1v) is 7.45. The highest BCUT2D eigenvalue weighted by Gasteiger charge is 2.13. The average molecular weight is 308 g/mol. The van der Waals surface area contributed by atoms with Crippen molar-refractivity contribution in [3.8, 4) is 0 Å². The number of aryl methyl sites for hydroxylation is 1. The molecule has 4 N–H and O–H groups in total. The average Bonchev–Trinajstić information content (AvgIpc) is 2.47. The zero-order valence-electron chi connectivity index (χ0n) is 13.1. The summed E-state index contributed by atoms with van der Waals surface area (Å²) in [5.41, 5.74) is 12.1. The molecule has 0 fully saturated rings. The van der Waals surface area contributed by atoms with Gasteiger partial charge in [0.05, 0.1) is 0 Å². The number of carbonyl (C=O) groups excluding carboxylic acids is 2. The van der Waals surface area contributed by atoms with Crippen molar-refractivity contribution >= 4 is 11.8 Å². The third-order valence-electron chi connectivity index (χ3n) is 3.25. The summed E-state index contributed by atoms with van der Waals surface area (Å²) in [6.45, 7) is 4.98. The Morgan fingerprint density at radius 2 is 1.73 bits per heavy atom. The maximum Gasteiger partial charge on any atom is 0.248 e. The molecule has 2 amide bonds. The molecule has 0 radical (unpaired) electrons. The van der Waals surface area contributed by atoms with E-state index in [2.05, 4.69) is 0 Å². The van der Waals surface area contributed by atoms with E-state index in [1.54, 1.807) is 12.1 Å². The Labute approximate surface area is 130 Å². The van der Waals surface area contributed by atoms with Crippen molar-refractivity contribution in [2.75, 3.05) is 13.2 Å². The fourth-order valence-corrected chi connectivity index (χ4v) is 2.24. The standard InChI is InChI=1S/C16H24N2O4/c1-3-21-14(22-4-2)7-5-6-11-10-12(15(17)19)8-9-13(11)16(18)20/h8-10,14H,3-7H2,1-2H3,(H2,17,19)(H2,18,20). The predicted molar refractivity (Wildman–Crippen MR) is 83.5 cm³/mol. The van der Waals surface area contributed by atoms with Gasteiger partial charge in [-0.3, -0.25) is 9.59 Å². The Morgan fingerprint density at radius 3 is 2.23 bits per heavy atom. The molecule has 0 aliphatic heterocycles. The minimum atomic E-state index is -0.529. The first-order valence-electron chi connectivity index (χ1n) is 7.45. The number of benzene rings is 1. The molecule has 0 saturated heterocycles. The largest absolute Gasteiger partial charge is 0.366 e. The second-order valence-corrected chi connectivity index (χ2v) is 4.83. The van der Waals surface area contributed by atoms with Gasteiger partial charge in [-0.05, 0) is 56.9 Å². The molecule has 22 heavy (non-hydrogen) atoms. The van der Waals surface area contributed by atoms with Gasteiger partial charge in [0, 0.05) is 24.3 Å². The Hall–Kier alpha value is -1.92. The zero-order chi connectivity index (χ0) is 16.5. The SMILES string of the molecule is CCOC(CCCc1cc(C(N)=O)ccc1C(N)=O)OCC. The van der Waals surface area contributed by atoms with Crippen molar-refractivity contribution in [1.82, 2.24) is 0 Å². The van der Waals surface area contributed by atoms with E-state index in [1.165, 1.54) is 6.07 Å². The molecule has 0 spiro atoms. The lowest BCUT2D eigenvalue weighted by Gasteiger charge is -2.17. The molecule has 0 aromatic heterocycles. The van der Waals surface area contributed by atoms with E-state index in [4.69, 9.17) is 20.9 Å². The van der Waals surface area contributed by atoms with Crippen LogP contribution >= 0.6 is 0 Å². The molecule has 0 unspecified atom stereocenters. The van der Waals surface area contributed by atoms with Crippen molar-refractivity contribution in [3.63, 3.8) is 0 Å². The van der Waals surface area contributed by atoms with E-state index in [9.17, 15) is 9.59 Å². The summed E-state index contributed by atoms with van der Waals surface area (Å²) in [6.07, 6.45) is 1.77.